The SMILES string of the molecule is CNCC1CCCN(CC2CNNC2c2ccc(C(F)(F)F)cc2)C1.Cl. The molecule has 1 aromatic rings. The van der Waals surface area contributed by atoms with Crippen molar-refractivity contribution in [2.24, 2.45) is 11.8 Å². The third-order valence-electron chi connectivity index (χ3n) is 5.28. The van der Waals surface area contributed by atoms with Gasteiger partial charge in [-0.2, -0.15) is 13.2 Å². The first-order valence-electron chi connectivity index (χ1n) is 9.00. The molecule has 3 unspecified atom stereocenters. The van der Waals surface area contributed by atoms with Gasteiger partial charge < -0.3 is 10.2 Å². The molecule has 0 saturated carbocycles. The van der Waals surface area contributed by atoms with Crippen molar-refractivity contribution in [2.45, 2.75) is 25.1 Å². The molecule has 2 fully saturated rings. The molecule has 148 valence electrons. The van der Waals surface area contributed by atoms with Gasteiger partial charge in [0, 0.05) is 25.6 Å². The van der Waals surface area contributed by atoms with E-state index in [0.717, 1.165) is 38.3 Å². The van der Waals surface area contributed by atoms with Gasteiger partial charge in [-0.25, -0.2) is 5.43 Å². The Hall–Kier alpha value is -0.860. The molecule has 0 radical (unpaired) electrons. The average Bonchev–Trinajstić information content (AvgIpc) is 3.03. The lowest BCUT2D eigenvalue weighted by molar-refractivity contribution is -0.137. The summed E-state index contributed by atoms with van der Waals surface area (Å²) in [6, 6.07) is 5.60. The lowest BCUT2D eigenvalue weighted by Gasteiger charge is -2.35. The molecule has 2 aliphatic rings. The molecule has 8 heteroatoms. The number of nitrogens with one attached hydrogen (secondary N) is 3. The second kappa shape index (κ2) is 9.37. The fourth-order valence-electron chi connectivity index (χ4n) is 4.04. The maximum atomic E-state index is 12.7. The van der Waals surface area contributed by atoms with E-state index in [2.05, 4.69) is 21.1 Å². The minimum absolute atomic E-state index is 0. The van der Waals surface area contributed by atoms with Crippen LogP contribution in [0.5, 0.6) is 0 Å². The first-order chi connectivity index (χ1) is 12.0. The number of likely N-dealkylation sites (tertiary alicyclic amines) is 1. The molecule has 0 aromatic heterocycles. The predicted octanol–water partition coefficient (Wildman–Crippen LogP) is 2.82. The van der Waals surface area contributed by atoms with Gasteiger partial charge >= 0.3 is 6.18 Å². The third-order valence-corrected chi connectivity index (χ3v) is 5.28. The minimum Gasteiger partial charge on any atom is -0.319 e. The summed E-state index contributed by atoms with van der Waals surface area (Å²) in [7, 11) is 1.99. The summed E-state index contributed by atoms with van der Waals surface area (Å²) >= 11 is 0. The molecule has 0 amide bonds. The summed E-state index contributed by atoms with van der Waals surface area (Å²) in [4.78, 5) is 2.50. The lowest BCUT2D eigenvalue weighted by Crippen LogP contribution is -2.42. The lowest BCUT2D eigenvalue weighted by atomic mass is 9.91. The van der Waals surface area contributed by atoms with Crippen molar-refractivity contribution in [2.75, 3.05) is 39.8 Å². The van der Waals surface area contributed by atoms with Crippen LogP contribution in [0.3, 0.4) is 0 Å². The quantitative estimate of drug-likeness (QED) is 0.720. The third kappa shape index (κ3) is 5.33. The zero-order chi connectivity index (χ0) is 17.9. The Kier molecular flexibility index (Phi) is 7.73. The van der Waals surface area contributed by atoms with E-state index in [-0.39, 0.29) is 18.4 Å². The number of hydrogen-bond donors (Lipinski definition) is 3. The summed E-state index contributed by atoms with van der Waals surface area (Å²) in [5, 5.41) is 3.26. The second-order valence-corrected chi connectivity index (χ2v) is 7.21. The molecule has 3 atom stereocenters. The average molecular weight is 393 g/mol. The zero-order valence-corrected chi connectivity index (χ0v) is 15.8. The normalized spacial score (nSPS) is 27.3. The van der Waals surface area contributed by atoms with E-state index in [1.54, 1.807) is 12.1 Å². The molecule has 26 heavy (non-hydrogen) atoms. The van der Waals surface area contributed by atoms with Crippen LogP contribution in [0.1, 0.15) is 30.0 Å². The minimum atomic E-state index is -4.28. The Bertz CT molecular complexity index is 550. The van der Waals surface area contributed by atoms with Crippen molar-refractivity contribution >= 4 is 12.4 Å². The molecule has 3 rings (SSSR count). The smallest absolute Gasteiger partial charge is 0.319 e. The number of hydrazine groups is 1. The van der Waals surface area contributed by atoms with Crippen LogP contribution in [0.15, 0.2) is 24.3 Å². The van der Waals surface area contributed by atoms with Crippen LogP contribution in [0.2, 0.25) is 0 Å². The summed E-state index contributed by atoms with van der Waals surface area (Å²) in [6.45, 7) is 5.04. The maximum Gasteiger partial charge on any atom is 0.416 e. The highest BCUT2D eigenvalue weighted by molar-refractivity contribution is 5.85. The van der Waals surface area contributed by atoms with E-state index >= 15 is 0 Å². The Morgan fingerprint density at radius 1 is 1.23 bits per heavy atom. The number of hydrogen-bond acceptors (Lipinski definition) is 4. The number of alkyl halides is 3. The van der Waals surface area contributed by atoms with Crippen LogP contribution in [0.4, 0.5) is 13.2 Å². The number of benzene rings is 1. The van der Waals surface area contributed by atoms with Crippen LogP contribution in [0.25, 0.3) is 0 Å². The number of piperidine rings is 1. The van der Waals surface area contributed by atoms with Gasteiger partial charge in [-0.1, -0.05) is 12.1 Å². The monoisotopic (exact) mass is 392 g/mol. The summed E-state index contributed by atoms with van der Waals surface area (Å²) in [6.07, 6.45) is -1.80. The van der Waals surface area contributed by atoms with Gasteiger partial charge in [0.25, 0.3) is 0 Å². The summed E-state index contributed by atoms with van der Waals surface area (Å²) < 4.78 is 38.2. The molecule has 1 aromatic carbocycles. The van der Waals surface area contributed by atoms with Crippen molar-refractivity contribution in [1.82, 2.24) is 21.1 Å². The van der Waals surface area contributed by atoms with Crippen LogP contribution < -0.4 is 16.2 Å². The van der Waals surface area contributed by atoms with Crippen molar-refractivity contribution in [1.29, 1.82) is 0 Å². The van der Waals surface area contributed by atoms with Crippen molar-refractivity contribution in [3.8, 4) is 0 Å². The largest absolute Gasteiger partial charge is 0.416 e. The van der Waals surface area contributed by atoms with Gasteiger partial charge in [0.05, 0.1) is 11.6 Å². The fourth-order valence-corrected chi connectivity index (χ4v) is 4.04. The van der Waals surface area contributed by atoms with Crippen molar-refractivity contribution in [3.63, 3.8) is 0 Å². The highest BCUT2D eigenvalue weighted by atomic mass is 35.5. The highest BCUT2D eigenvalue weighted by Gasteiger charge is 2.33. The Morgan fingerprint density at radius 2 is 1.96 bits per heavy atom. The zero-order valence-electron chi connectivity index (χ0n) is 15.0. The van der Waals surface area contributed by atoms with Crippen LogP contribution in [-0.4, -0.2) is 44.7 Å². The van der Waals surface area contributed by atoms with Gasteiger partial charge in [-0.3, -0.25) is 5.43 Å². The second-order valence-electron chi connectivity index (χ2n) is 7.21. The molecular formula is C18H28ClF3N4. The van der Waals surface area contributed by atoms with Gasteiger partial charge in [-0.05, 0) is 56.6 Å². The number of halogens is 4. The fraction of sp³-hybridized carbons (Fsp3) is 0.667. The van der Waals surface area contributed by atoms with Crippen LogP contribution in [-0.2, 0) is 6.18 Å². The highest BCUT2D eigenvalue weighted by Crippen LogP contribution is 2.32. The Morgan fingerprint density at radius 3 is 2.62 bits per heavy atom. The number of rotatable bonds is 5. The standard InChI is InChI=1S/C18H27F3N4.ClH/c1-22-9-13-3-2-8-25(11-13)12-15-10-23-24-17(15)14-4-6-16(7-5-14)18(19,20)21;/h4-7,13,15,17,22-24H,2-3,8-12H2,1H3;1H. The number of nitrogens with zero attached hydrogens (tertiary/aromatic N) is 1. The Balaban J connectivity index is 0.00000243. The predicted molar refractivity (Wildman–Crippen MR) is 99.2 cm³/mol. The Labute approximate surface area is 159 Å². The molecule has 0 spiro atoms. The summed E-state index contributed by atoms with van der Waals surface area (Å²) in [5.41, 5.74) is 6.73. The van der Waals surface area contributed by atoms with E-state index in [4.69, 9.17) is 0 Å². The van der Waals surface area contributed by atoms with Gasteiger partial charge in [-0.15, -0.1) is 12.4 Å². The van der Waals surface area contributed by atoms with E-state index < -0.39 is 11.7 Å². The molecule has 2 heterocycles. The van der Waals surface area contributed by atoms with Gasteiger partial charge in [0.1, 0.15) is 0 Å². The van der Waals surface area contributed by atoms with E-state index in [1.165, 1.54) is 25.0 Å². The first kappa shape index (κ1) is 21.4. The molecular weight excluding hydrogens is 365 g/mol. The maximum absolute atomic E-state index is 12.7. The molecule has 2 aliphatic heterocycles. The van der Waals surface area contributed by atoms with Crippen LogP contribution >= 0.6 is 12.4 Å². The van der Waals surface area contributed by atoms with E-state index in [1.807, 2.05) is 7.05 Å². The van der Waals surface area contributed by atoms with Crippen molar-refractivity contribution in [3.05, 3.63) is 35.4 Å². The molecule has 0 bridgehead atoms. The summed E-state index contributed by atoms with van der Waals surface area (Å²) in [5.74, 6) is 1.04. The van der Waals surface area contributed by atoms with Crippen molar-refractivity contribution < 1.29 is 13.2 Å². The molecule has 2 saturated heterocycles. The van der Waals surface area contributed by atoms with E-state index in [0.29, 0.717) is 11.8 Å². The first-order valence-corrected chi connectivity index (χ1v) is 9.00. The molecule has 0 aliphatic carbocycles. The molecule has 4 nitrogen and oxygen atoms in total. The van der Waals surface area contributed by atoms with Gasteiger partial charge in [0.15, 0.2) is 0 Å². The molecule has 3 N–H and O–H groups in total. The van der Waals surface area contributed by atoms with Crippen LogP contribution in [0, 0.1) is 11.8 Å². The van der Waals surface area contributed by atoms with Gasteiger partial charge in [0.2, 0.25) is 0 Å². The van der Waals surface area contributed by atoms with E-state index in [9.17, 15) is 13.2 Å². The topological polar surface area (TPSA) is 39.3 Å².